The number of hydrogen-bond acceptors (Lipinski definition) is 4. The zero-order valence-corrected chi connectivity index (χ0v) is 15.3. The minimum Gasteiger partial charge on any atom is -0.504 e. The van der Waals surface area contributed by atoms with Crippen LogP contribution in [0.3, 0.4) is 0 Å². The number of phenolic OH excluding ortho intramolecular Hbond substituents is 1. The molecule has 27 heavy (non-hydrogen) atoms. The van der Waals surface area contributed by atoms with Gasteiger partial charge in [0.05, 0.1) is 12.7 Å². The molecule has 3 aromatic rings. The Morgan fingerprint density at radius 3 is 2.52 bits per heavy atom. The Hall–Kier alpha value is -3.18. The molecule has 6 heteroatoms. The van der Waals surface area contributed by atoms with Gasteiger partial charge in [0.1, 0.15) is 6.17 Å². The summed E-state index contributed by atoms with van der Waals surface area (Å²) < 4.78 is 5.23. The van der Waals surface area contributed by atoms with Crippen LogP contribution in [-0.4, -0.2) is 18.1 Å². The van der Waals surface area contributed by atoms with Gasteiger partial charge in [0.15, 0.2) is 11.5 Å². The molecule has 1 aliphatic heterocycles. The van der Waals surface area contributed by atoms with Crippen LogP contribution in [0.1, 0.15) is 22.1 Å². The second-order valence-corrected chi connectivity index (χ2v) is 6.58. The maximum Gasteiger partial charge on any atom is 0.262 e. The van der Waals surface area contributed by atoms with Crippen molar-refractivity contribution in [3.63, 3.8) is 0 Å². The number of hydrogen-bond donors (Lipinski definition) is 2. The number of nitrogens with zero attached hydrogens (tertiary/aromatic N) is 1. The Bertz CT molecular complexity index is 1000. The summed E-state index contributed by atoms with van der Waals surface area (Å²) in [6.07, 6.45) is -0.608. The maximum atomic E-state index is 13.3. The standard InChI is InChI=1S/C21H17ClN2O3/c1-27-18-8-4-6-16(19(18)25)20-23-17-7-3-2-5-15(17)21(26)24(20)14-11-9-13(22)10-12-14/h2-12,20,23,25H,1H3. The molecule has 4 rings (SSSR count). The summed E-state index contributed by atoms with van der Waals surface area (Å²) in [4.78, 5) is 14.9. The van der Waals surface area contributed by atoms with Gasteiger partial charge in [-0.3, -0.25) is 9.69 Å². The summed E-state index contributed by atoms with van der Waals surface area (Å²) in [6.45, 7) is 0. The van der Waals surface area contributed by atoms with Crippen LogP contribution in [0.25, 0.3) is 0 Å². The maximum absolute atomic E-state index is 13.3. The first-order valence-electron chi connectivity index (χ1n) is 8.40. The van der Waals surface area contributed by atoms with Gasteiger partial charge < -0.3 is 15.2 Å². The van der Waals surface area contributed by atoms with Crippen LogP contribution in [0.2, 0.25) is 5.02 Å². The molecule has 0 spiro atoms. The van der Waals surface area contributed by atoms with Crippen molar-refractivity contribution in [2.75, 3.05) is 17.3 Å². The number of benzene rings is 3. The van der Waals surface area contributed by atoms with Crippen molar-refractivity contribution in [2.24, 2.45) is 0 Å². The Balaban J connectivity index is 1.89. The molecular weight excluding hydrogens is 364 g/mol. The predicted octanol–water partition coefficient (Wildman–Crippen LogP) is 4.83. The molecular formula is C21H17ClN2O3. The van der Waals surface area contributed by atoms with E-state index >= 15 is 0 Å². The first kappa shape index (κ1) is 17.2. The molecule has 1 amide bonds. The van der Waals surface area contributed by atoms with E-state index in [2.05, 4.69) is 5.32 Å². The summed E-state index contributed by atoms with van der Waals surface area (Å²) in [6, 6.07) is 19.5. The molecule has 1 unspecified atom stereocenters. The van der Waals surface area contributed by atoms with Crippen LogP contribution in [0.15, 0.2) is 66.7 Å². The normalized spacial score (nSPS) is 15.9. The number of nitrogens with one attached hydrogen (secondary N) is 1. The van der Waals surface area contributed by atoms with Crippen LogP contribution in [0.4, 0.5) is 11.4 Å². The number of anilines is 2. The number of ether oxygens (including phenoxy) is 1. The molecule has 0 bridgehead atoms. The van der Waals surface area contributed by atoms with E-state index in [1.165, 1.54) is 7.11 Å². The predicted molar refractivity (Wildman–Crippen MR) is 106 cm³/mol. The van der Waals surface area contributed by atoms with E-state index in [4.69, 9.17) is 16.3 Å². The summed E-state index contributed by atoms with van der Waals surface area (Å²) in [5.74, 6) is 0.166. The SMILES string of the molecule is COc1cccc(C2Nc3ccccc3C(=O)N2c2ccc(Cl)cc2)c1O. The van der Waals surface area contributed by atoms with Crippen molar-refractivity contribution >= 4 is 28.9 Å². The highest BCUT2D eigenvalue weighted by molar-refractivity contribution is 6.30. The van der Waals surface area contributed by atoms with E-state index in [1.54, 1.807) is 53.4 Å². The topological polar surface area (TPSA) is 61.8 Å². The van der Waals surface area contributed by atoms with E-state index in [0.717, 1.165) is 0 Å². The van der Waals surface area contributed by atoms with Crippen molar-refractivity contribution in [3.8, 4) is 11.5 Å². The van der Waals surface area contributed by atoms with Crippen molar-refractivity contribution in [2.45, 2.75) is 6.17 Å². The van der Waals surface area contributed by atoms with Crippen LogP contribution < -0.4 is 15.0 Å². The zero-order valence-electron chi connectivity index (χ0n) is 14.5. The summed E-state index contributed by atoms with van der Waals surface area (Å²) in [5, 5.41) is 14.6. The molecule has 1 atom stereocenters. The van der Waals surface area contributed by atoms with Crippen molar-refractivity contribution < 1.29 is 14.6 Å². The zero-order chi connectivity index (χ0) is 19.0. The monoisotopic (exact) mass is 380 g/mol. The van der Waals surface area contributed by atoms with E-state index in [-0.39, 0.29) is 11.7 Å². The second-order valence-electron chi connectivity index (χ2n) is 6.14. The van der Waals surface area contributed by atoms with Gasteiger partial charge in [-0.2, -0.15) is 0 Å². The average Bonchev–Trinajstić information content (AvgIpc) is 2.69. The van der Waals surface area contributed by atoms with Crippen LogP contribution in [0.5, 0.6) is 11.5 Å². The summed E-state index contributed by atoms with van der Waals surface area (Å²) in [7, 11) is 1.49. The third-order valence-corrected chi connectivity index (χ3v) is 4.83. The van der Waals surface area contributed by atoms with Gasteiger partial charge in [-0.25, -0.2) is 0 Å². The molecule has 0 fully saturated rings. The minimum absolute atomic E-state index is 0.0105. The number of amides is 1. The summed E-state index contributed by atoms with van der Waals surface area (Å²) >= 11 is 6.01. The Morgan fingerprint density at radius 2 is 1.78 bits per heavy atom. The highest BCUT2D eigenvalue weighted by Crippen LogP contribution is 2.42. The highest BCUT2D eigenvalue weighted by atomic mass is 35.5. The molecule has 1 aliphatic rings. The lowest BCUT2D eigenvalue weighted by Gasteiger charge is -2.38. The molecule has 0 saturated heterocycles. The number of halogens is 1. The number of aromatic hydroxyl groups is 1. The minimum atomic E-state index is -0.608. The van der Waals surface area contributed by atoms with Gasteiger partial charge in [0, 0.05) is 22.0 Å². The number of methoxy groups -OCH3 is 1. The highest BCUT2D eigenvalue weighted by Gasteiger charge is 2.35. The quantitative estimate of drug-likeness (QED) is 0.683. The summed E-state index contributed by atoms with van der Waals surface area (Å²) in [5.41, 5.74) is 2.47. The lowest BCUT2D eigenvalue weighted by molar-refractivity contribution is 0.0974. The molecule has 3 aromatic carbocycles. The van der Waals surface area contributed by atoms with Gasteiger partial charge in [-0.15, -0.1) is 0 Å². The Labute approximate surface area is 161 Å². The molecule has 136 valence electrons. The molecule has 1 heterocycles. The lowest BCUT2D eigenvalue weighted by Crippen LogP contribution is -2.43. The third kappa shape index (κ3) is 2.96. The third-order valence-electron chi connectivity index (χ3n) is 4.58. The van der Waals surface area contributed by atoms with Crippen molar-refractivity contribution in [3.05, 3.63) is 82.9 Å². The van der Waals surface area contributed by atoms with Gasteiger partial charge in [-0.05, 0) is 42.5 Å². The van der Waals surface area contributed by atoms with Crippen molar-refractivity contribution in [1.29, 1.82) is 0 Å². The number of phenols is 1. The molecule has 0 saturated carbocycles. The van der Waals surface area contributed by atoms with E-state index in [9.17, 15) is 9.90 Å². The van der Waals surface area contributed by atoms with E-state index in [0.29, 0.717) is 33.3 Å². The van der Waals surface area contributed by atoms with Gasteiger partial charge >= 0.3 is 0 Å². The number of fused-ring (bicyclic) bond motifs is 1. The number of carbonyl (C=O) groups excluding carboxylic acids is 1. The Kier molecular flexibility index (Phi) is 4.38. The molecule has 5 nitrogen and oxygen atoms in total. The molecule has 0 aliphatic carbocycles. The smallest absolute Gasteiger partial charge is 0.262 e. The van der Waals surface area contributed by atoms with E-state index in [1.807, 2.05) is 18.2 Å². The lowest BCUT2D eigenvalue weighted by atomic mass is 10.0. The van der Waals surface area contributed by atoms with E-state index < -0.39 is 6.17 Å². The molecule has 0 aromatic heterocycles. The van der Waals surface area contributed by atoms with Gasteiger partial charge in [-0.1, -0.05) is 35.9 Å². The number of rotatable bonds is 3. The second kappa shape index (κ2) is 6.85. The van der Waals surface area contributed by atoms with Crippen LogP contribution in [-0.2, 0) is 0 Å². The molecule has 2 N–H and O–H groups in total. The first-order chi connectivity index (χ1) is 13.1. The number of carbonyl (C=O) groups is 1. The largest absolute Gasteiger partial charge is 0.504 e. The van der Waals surface area contributed by atoms with Gasteiger partial charge in [0.2, 0.25) is 0 Å². The van der Waals surface area contributed by atoms with Crippen molar-refractivity contribution in [1.82, 2.24) is 0 Å². The van der Waals surface area contributed by atoms with Crippen LogP contribution in [0, 0.1) is 0 Å². The fourth-order valence-electron chi connectivity index (χ4n) is 3.26. The average molecular weight is 381 g/mol. The molecule has 0 radical (unpaired) electrons. The van der Waals surface area contributed by atoms with Gasteiger partial charge in [0.25, 0.3) is 5.91 Å². The van der Waals surface area contributed by atoms with Crippen LogP contribution >= 0.6 is 11.6 Å². The fourth-order valence-corrected chi connectivity index (χ4v) is 3.39. The first-order valence-corrected chi connectivity index (χ1v) is 8.78. The number of para-hydroxylation sites is 2. The Morgan fingerprint density at radius 1 is 1.04 bits per heavy atom. The fraction of sp³-hybridized carbons (Fsp3) is 0.0952.